The van der Waals surface area contributed by atoms with E-state index in [4.69, 9.17) is 0 Å². The van der Waals surface area contributed by atoms with Crippen molar-refractivity contribution in [3.8, 4) is 11.1 Å². The standard InChI is InChI=1S/C40H49N7O4/c48-37(45-23-19-32(20-24-45)47-28-30-13-5-7-15-34(30)43-40(47)51)27-36(38(49)46-25-17-31(18-26-46)44-21-9-2-10-22-44)42-39(50)41-35-16-8-6-14-33(35)29-11-3-1-4-12-29/h1,3-8,11-16,31-32,36H,2,9-10,17-28H2,(H,43,51)(H2,41,42,50)/t36-/m0/s1. The molecule has 4 aliphatic heterocycles. The molecule has 1 atom stereocenters. The summed E-state index contributed by atoms with van der Waals surface area (Å²) in [4.78, 5) is 62.5. The number of anilines is 2. The van der Waals surface area contributed by atoms with Gasteiger partial charge in [-0.15, -0.1) is 0 Å². The third kappa shape index (κ3) is 8.20. The highest BCUT2D eigenvalue weighted by atomic mass is 16.2. The van der Waals surface area contributed by atoms with Gasteiger partial charge in [-0.1, -0.05) is 73.2 Å². The van der Waals surface area contributed by atoms with E-state index in [0.29, 0.717) is 57.3 Å². The Labute approximate surface area is 300 Å². The molecule has 0 saturated carbocycles. The molecule has 11 heteroatoms. The number of urea groups is 2. The van der Waals surface area contributed by atoms with Crippen LogP contribution < -0.4 is 16.0 Å². The number of benzene rings is 3. The molecular weight excluding hydrogens is 642 g/mol. The van der Waals surface area contributed by atoms with Crippen LogP contribution in [0.3, 0.4) is 0 Å². The number of amides is 6. The second-order valence-corrected chi connectivity index (χ2v) is 14.2. The molecule has 4 heterocycles. The molecule has 0 aliphatic carbocycles. The van der Waals surface area contributed by atoms with Gasteiger partial charge in [-0.05, 0) is 74.9 Å². The first-order valence-corrected chi connectivity index (χ1v) is 18.6. The van der Waals surface area contributed by atoms with E-state index >= 15 is 0 Å². The van der Waals surface area contributed by atoms with Crippen molar-refractivity contribution in [1.82, 2.24) is 24.9 Å². The Kier molecular flexibility index (Phi) is 10.8. The minimum atomic E-state index is -1.00. The van der Waals surface area contributed by atoms with Gasteiger partial charge in [0.05, 0.1) is 12.1 Å². The van der Waals surface area contributed by atoms with Crippen molar-refractivity contribution in [2.24, 2.45) is 0 Å². The highest BCUT2D eigenvalue weighted by Crippen LogP contribution is 2.29. The largest absolute Gasteiger partial charge is 0.342 e. The van der Waals surface area contributed by atoms with Gasteiger partial charge in [0.15, 0.2) is 0 Å². The predicted molar refractivity (Wildman–Crippen MR) is 198 cm³/mol. The number of para-hydroxylation sites is 2. The molecule has 0 radical (unpaired) electrons. The van der Waals surface area contributed by atoms with Crippen LogP contribution in [0, 0.1) is 0 Å². The smallest absolute Gasteiger partial charge is 0.322 e. The topological polar surface area (TPSA) is 117 Å². The highest BCUT2D eigenvalue weighted by Gasteiger charge is 2.36. The summed E-state index contributed by atoms with van der Waals surface area (Å²) < 4.78 is 0. The van der Waals surface area contributed by atoms with Crippen LogP contribution in [0.1, 0.15) is 56.9 Å². The number of hydrogen-bond donors (Lipinski definition) is 3. The normalized spacial score (nSPS) is 19.5. The van der Waals surface area contributed by atoms with Crippen LogP contribution >= 0.6 is 0 Å². The fourth-order valence-electron chi connectivity index (χ4n) is 8.18. The van der Waals surface area contributed by atoms with Crippen LogP contribution in [0.2, 0.25) is 0 Å². The molecule has 3 fully saturated rings. The van der Waals surface area contributed by atoms with Crippen molar-refractivity contribution >= 4 is 35.3 Å². The van der Waals surface area contributed by atoms with Crippen LogP contribution in [0.5, 0.6) is 0 Å². The van der Waals surface area contributed by atoms with Crippen LogP contribution in [0.4, 0.5) is 21.0 Å². The van der Waals surface area contributed by atoms with E-state index < -0.39 is 12.1 Å². The van der Waals surface area contributed by atoms with E-state index in [-0.39, 0.29) is 30.3 Å². The molecule has 7 rings (SSSR count). The number of likely N-dealkylation sites (tertiary alicyclic amines) is 3. The summed E-state index contributed by atoms with van der Waals surface area (Å²) in [5.41, 5.74) is 4.36. The van der Waals surface area contributed by atoms with Gasteiger partial charge in [0.2, 0.25) is 11.8 Å². The Morgan fingerprint density at radius 2 is 1.37 bits per heavy atom. The molecule has 3 saturated heterocycles. The summed E-state index contributed by atoms with van der Waals surface area (Å²) in [6.07, 6.45) is 6.70. The third-order valence-corrected chi connectivity index (χ3v) is 11.0. The summed E-state index contributed by atoms with van der Waals surface area (Å²) in [6, 6.07) is 24.0. The molecule has 0 spiro atoms. The zero-order valence-corrected chi connectivity index (χ0v) is 29.3. The van der Waals surface area contributed by atoms with Gasteiger partial charge in [0, 0.05) is 56.1 Å². The van der Waals surface area contributed by atoms with E-state index in [0.717, 1.165) is 48.3 Å². The van der Waals surface area contributed by atoms with Crippen molar-refractivity contribution in [3.05, 3.63) is 84.4 Å². The molecule has 6 amide bonds. The van der Waals surface area contributed by atoms with E-state index in [1.54, 1.807) is 4.90 Å². The number of carbonyl (C=O) groups excluding carboxylic acids is 4. The molecule has 3 N–H and O–H groups in total. The first-order valence-electron chi connectivity index (χ1n) is 18.6. The number of nitrogens with zero attached hydrogens (tertiary/aromatic N) is 4. The quantitative estimate of drug-likeness (QED) is 0.278. The number of piperidine rings is 3. The first kappa shape index (κ1) is 34.5. The van der Waals surface area contributed by atoms with Crippen molar-refractivity contribution in [2.45, 2.75) is 76.0 Å². The maximum atomic E-state index is 14.1. The molecule has 11 nitrogen and oxygen atoms in total. The maximum absolute atomic E-state index is 14.1. The zero-order valence-electron chi connectivity index (χ0n) is 29.3. The molecule has 3 aromatic carbocycles. The minimum Gasteiger partial charge on any atom is -0.342 e. The Bertz CT molecular complexity index is 1700. The van der Waals surface area contributed by atoms with Gasteiger partial charge in [0.1, 0.15) is 6.04 Å². The summed E-state index contributed by atoms with van der Waals surface area (Å²) >= 11 is 0. The minimum absolute atomic E-state index is 0.00891. The van der Waals surface area contributed by atoms with Crippen LogP contribution in [-0.4, -0.2) is 101 Å². The second kappa shape index (κ2) is 16.0. The molecule has 4 aliphatic rings. The molecule has 268 valence electrons. The van der Waals surface area contributed by atoms with Crippen LogP contribution in [0.15, 0.2) is 78.9 Å². The predicted octanol–water partition coefficient (Wildman–Crippen LogP) is 5.75. The van der Waals surface area contributed by atoms with E-state index in [9.17, 15) is 19.2 Å². The van der Waals surface area contributed by atoms with Crippen LogP contribution in [0.25, 0.3) is 11.1 Å². The van der Waals surface area contributed by atoms with E-state index in [1.165, 1.54) is 19.3 Å². The van der Waals surface area contributed by atoms with Gasteiger partial charge in [-0.2, -0.15) is 0 Å². The van der Waals surface area contributed by atoms with Gasteiger partial charge in [-0.3, -0.25) is 9.59 Å². The Hall–Kier alpha value is -4.90. The maximum Gasteiger partial charge on any atom is 0.322 e. The lowest BCUT2D eigenvalue weighted by Gasteiger charge is -2.41. The second-order valence-electron chi connectivity index (χ2n) is 14.2. The fraction of sp³-hybridized carbons (Fsp3) is 0.450. The molecule has 0 aromatic heterocycles. The number of carbonyl (C=O) groups is 4. The molecule has 0 bridgehead atoms. The van der Waals surface area contributed by atoms with Crippen molar-refractivity contribution < 1.29 is 19.2 Å². The Morgan fingerprint density at radius 1 is 0.725 bits per heavy atom. The Morgan fingerprint density at radius 3 is 2.14 bits per heavy atom. The average molecular weight is 692 g/mol. The van der Waals surface area contributed by atoms with E-state index in [2.05, 4.69) is 20.9 Å². The van der Waals surface area contributed by atoms with Gasteiger partial charge < -0.3 is 35.6 Å². The summed E-state index contributed by atoms with van der Waals surface area (Å²) in [7, 11) is 0. The van der Waals surface area contributed by atoms with Crippen molar-refractivity contribution in [3.63, 3.8) is 0 Å². The lowest BCUT2D eigenvalue weighted by Crippen LogP contribution is -2.56. The number of hydrogen-bond acceptors (Lipinski definition) is 5. The number of nitrogens with one attached hydrogen (secondary N) is 3. The molecular formula is C40H49N7O4. The van der Waals surface area contributed by atoms with Gasteiger partial charge >= 0.3 is 12.1 Å². The van der Waals surface area contributed by atoms with Gasteiger partial charge in [-0.25, -0.2) is 9.59 Å². The SMILES string of the molecule is O=C(Nc1ccccc1-c1ccccc1)N[C@@H](CC(=O)N1CCC(N2Cc3ccccc3NC2=O)CC1)C(=O)N1CCC(N2CCCCC2)CC1. The van der Waals surface area contributed by atoms with Crippen molar-refractivity contribution in [2.75, 3.05) is 49.9 Å². The average Bonchev–Trinajstić information content (AvgIpc) is 3.18. The number of rotatable bonds is 8. The van der Waals surface area contributed by atoms with Gasteiger partial charge in [0.25, 0.3) is 0 Å². The Balaban J connectivity index is 1.00. The highest BCUT2D eigenvalue weighted by molar-refractivity contribution is 5.98. The van der Waals surface area contributed by atoms with Crippen molar-refractivity contribution in [1.29, 1.82) is 0 Å². The lowest BCUT2D eigenvalue weighted by atomic mass is 9.98. The lowest BCUT2D eigenvalue weighted by molar-refractivity contribution is -0.140. The van der Waals surface area contributed by atoms with E-state index in [1.807, 2.05) is 88.7 Å². The summed E-state index contributed by atoms with van der Waals surface area (Å²) in [5, 5.41) is 8.85. The van der Waals surface area contributed by atoms with Crippen LogP contribution in [-0.2, 0) is 16.1 Å². The fourth-order valence-corrected chi connectivity index (χ4v) is 8.18. The first-order chi connectivity index (χ1) is 24.9. The molecule has 51 heavy (non-hydrogen) atoms. The molecule has 3 aromatic rings. The third-order valence-electron chi connectivity index (χ3n) is 11.0. The molecule has 0 unspecified atom stereocenters. The summed E-state index contributed by atoms with van der Waals surface area (Å²) in [5.74, 6) is -0.390. The number of fused-ring (bicyclic) bond motifs is 1. The summed E-state index contributed by atoms with van der Waals surface area (Å²) in [6.45, 7) is 4.96. The monoisotopic (exact) mass is 691 g/mol. The zero-order chi connectivity index (χ0) is 35.2.